The number of fused-ring (bicyclic) bond motifs is 1. The van der Waals surface area contributed by atoms with Gasteiger partial charge >= 0.3 is 5.97 Å². The van der Waals surface area contributed by atoms with Gasteiger partial charge in [-0.05, 0) is 48.9 Å². The highest BCUT2D eigenvalue weighted by atomic mass is 16.5. The average molecular weight is 380 g/mol. The Kier molecular flexibility index (Phi) is 5.44. The molecule has 0 atom stereocenters. The zero-order chi connectivity index (χ0) is 20.3. The van der Waals surface area contributed by atoms with E-state index in [4.69, 9.17) is 14.6 Å². The molecule has 2 heterocycles. The van der Waals surface area contributed by atoms with Gasteiger partial charge in [-0.15, -0.1) is 0 Å². The Bertz CT molecular complexity index is 1130. The molecule has 0 bridgehead atoms. The third kappa shape index (κ3) is 3.59. The Hall–Kier alpha value is -3.61. The minimum Gasteiger partial charge on any atom is -0.497 e. The van der Waals surface area contributed by atoms with E-state index < -0.39 is 5.97 Å². The Balaban J connectivity index is 2.13. The number of pyridine rings is 1. The van der Waals surface area contributed by atoms with Crippen LogP contribution >= 0.6 is 0 Å². The van der Waals surface area contributed by atoms with Gasteiger partial charge in [0.2, 0.25) is 0 Å². The van der Waals surface area contributed by atoms with E-state index in [1.165, 1.54) is 22.7 Å². The number of rotatable bonds is 6. The van der Waals surface area contributed by atoms with Gasteiger partial charge in [-0.25, -0.2) is 9.78 Å². The summed E-state index contributed by atoms with van der Waals surface area (Å²) in [4.78, 5) is 28.6. The molecule has 3 aromatic rings. The van der Waals surface area contributed by atoms with Crippen LogP contribution in [-0.2, 0) is 6.42 Å². The zero-order valence-corrected chi connectivity index (χ0v) is 15.8. The first-order valence-electron chi connectivity index (χ1n) is 8.67. The summed E-state index contributed by atoms with van der Waals surface area (Å²) in [5.74, 6) is 0.253. The van der Waals surface area contributed by atoms with E-state index in [1.807, 2.05) is 19.1 Å². The van der Waals surface area contributed by atoms with E-state index in [0.717, 1.165) is 5.56 Å². The highest BCUT2D eigenvalue weighted by Gasteiger charge is 2.12. The minimum absolute atomic E-state index is 0.0304. The summed E-state index contributed by atoms with van der Waals surface area (Å²) in [5, 5.41) is 9.15. The van der Waals surface area contributed by atoms with Gasteiger partial charge in [0, 0.05) is 17.3 Å². The van der Waals surface area contributed by atoms with Crippen LogP contribution in [0.5, 0.6) is 11.5 Å². The molecule has 0 unspecified atom stereocenters. The van der Waals surface area contributed by atoms with E-state index >= 15 is 0 Å². The van der Waals surface area contributed by atoms with Crippen LogP contribution in [0, 0.1) is 0 Å². The molecule has 3 rings (SSSR count). The standard InChI is InChI=1S/C21H20N2O5/c1-4-16-17(8-5-13-11-15(27-2)7-9-18(13)28-3)22-19-10-6-14(21(25)26)12-23(19)20(16)24/h5-12H,4H2,1-3H3,(H,25,26). The molecule has 28 heavy (non-hydrogen) atoms. The van der Waals surface area contributed by atoms with E-state index in [2.05, 4.69) is 4.98 Å². The van der Waals surface area contributed by atoms with Gasteiger partial charge in [0.1, 0.15) is 17.1 Å². The number of hydrogen-bond donors (Lipinski definition) is 1. The monoisotopic (exact) mass is 380 g/mol. The van der Waals surface area contributed by atoms with Gasteiger partial charge in [-0.1, -0.05) is 6.92 Å². The fraction of sp³-hybridized carbons (Fsp3) is 0.190. The normalized spacial score (nSPS) is 11.1. The Morgan fingerprint density at radius 2 is 1.96 bits per heavy atom. The topological polar surface area (TPSA) is 90.1 Å². The summed E-state index contributed by atoms with van der Waals surface area (Å²) in [6, 6.07) is 8.37. The van der Waals surface area contributed by atoms with Crippen LogP contribution in [0.4, 0.5) is 0 Å². The molecule has 0 radical (unpaired) electrons. The number of carbonyl (C=O) groups is 1. The van der Waals surface area contributed by atoms with Crippen molar-refractivity contribution in [1.82, 2.24) is 9.38 Å². The van der Waals surface area contributed by atoms with Gasteiger partial charge in [0.25, 0.3) is 5.56 Å². The number of carboxylic acid groups (broad SMARTS) is 1. The highest BCUT2D eigenvalue weighted by molar-refractivity contribution is 5.87. The van der Waals surface area contributed by atoms with Crippen LogP contribution in [0.3, 0.4) is 0 Å². The summed E-state index contributed by atoms with van der Waals surface area (Å²) >= 11 is 0. The third-order valence-corrected chi connectivity index (χ3v) is 4.41. The van der Waals surface area contributed by atoms with Gasteiger partial charge in [-0.3, -0.25) is 9.20 Å². The van der Waals surface area contributed by atoms with Gasteiger partial charge < -0.3 is 14.6 Å². The van der Waals surface area contributed by atoms with Crippen molar-refractivity contribution >= 4 is 23.8 Å². The summed E-state index contributed by atoms with van der Waals surface area (Å²) in [5.41, 5.74) is 1.94. The molecule has 0 saturated heterocycles. The number of benzene rings is 1. The van der Waals surface area contributed by atoms with Crippen LogP contribution in [0.1, 0.15) is 34.1 Å². The first-order chi connectivity index (χ1) is 13.5. The molecule has 0 saturated carbocycles. The lowest BCUT2D eigenvalue weighted by Crippen LogP contribution is -2.22. The predicted molar refractivity (Wildman–Crippen MR) is 106 cm³/mol. The van der Waals surface area contributed by atoms with Crippen molar-refractivity contribution in [3.05, 3.63) is 69.3 Å². The maximum atomic E-state index is 12.8. The predicted octanol–water partition coefficient (Wildman–Crippen LogP) is 3.14. The third-order valence-electron chi connectivity index (χ3n) is 4.41. The summed E-state index contributed by atoms with van der Waals surface area (Å²) in [7, 11) is 3.17. The molecule has 1 N–H and O–H groups in total. The molecular formula is C21H20N2O5. The zero-order valence-electron chi connectivity index (χ0n) is 15.8. The van der Waals surface area contributed by atoms with Crippen LogP contribution < -0.4 is 15.0 Å². The maximum Gasteiger partial charge on any atom is 0.337 e. The quantitative estimate of drug-likeness (QED) is 0.707. The fourth-order valence-corrected chi connectivity index (χ4v) is 2.93. The lowest BCUT2D eigenvalue weighted by Gasteiger charge is -2.09. The molecule has 0 spiro atoms. The van der Waals surface area contributed by atoms with Crippen LogP contribution in [0.15, 0.2) is 41.3 Å². The number of nitrogens with zero attached hydrogens (tertiary/aromatic N) is 2. The maximum absolute atomic E-state index is 12.8. The first kappa shape index (κ1) is 19.2. The lowest BCUT2D eigenvalue weighted by molar-refractivity contribution is 0.0696. The van der Waals surface area contributed by atoms with E-state index in [-0.39, 0.29) is 11.1 Å². The Morgan fingerprint density at radius 3 is 2.61 bits per heavy atom. The van der Waals surface area contributed by atoms with Crippen molar-refractivity contribution in [2.75, 3.05) is 14.2 Å². The fourth-order valence-electron chi connectivity index (χ4n) is 2.93. The molecule has 0 aliphatic carbocycles. The number of aromatic carboxylic acids is 1. The van der Waals surface area contributed by atoms with E-state index in [0.29, 0.717) is 34.8 Å². The van der Waals surface area contributed by atoms with E-state index in [1.54, 1.807) is 32.4 Å². The Labute approximate surface area is 161 Å². The Morgan fingerprint density at radius 1 is 1.18 bits per heavy atom. The van der Waals surface area contributed by atoms with Crippen molar-refractivity contribution < 1.29 is 19.4 Å². The molecule has 144 valence electrons. The smallest absolute Gasteiger partial charge is 0.337 e. The second-order valence-corrected chi connectivity index (χ2v) is 6.03. The van der Waals surface area contributed by atoms with Crippen molar-refractivity contribution in [3.8, 4) is 11.5 Å². The average Bonchev–Trinajstić information content (AvgIpc) is 2.71. The minimum atomic E-state index is -1.10. The highest BCUT2D eigenvalue weighted by Crippen LogP contribution is 2.26. The SMILES string of the molecule is CCc1c(C=Cc2cc(OC)ccc2OC)nc2ccc(C(=O)O)cn2c1=O. The molecule has 2 aromatic heterocycles. The molecule has 0 amide bonds. The second kappa shape index (κ2) is 7.96. The number of carboxylic acids is 1. The van der Waals surface area contributed by atoms with Gasteiger partial charge in [-0.2, -0.15) is 0 Å². The number of methoxy groups -OCH3 is 2. The molecule has 0 aliphatic rings. The van der Waals surface area contributed by atoms with Gasteiger partial charge in [0.15, 0.2) is 0 Å². The van der Waals surface area contributed by atoms with Crippen LogP contribution in [0.25, 0.3) is 17.8 Å². The molecular weight excluding hydrogens is 360 g/mol. The summed E-state index contributed by atoms with van der Waals surface area (Å²) in [6.07, 6.45) is 5.32. The largest absolute Gasteiger partial charge is 0.497 e. The summed E-state index contributed by atoms with van der Waals surface area (Å²) < 4.78 is 11.9. The summed E-state index contributed by atoms with van der Waals surface area (Å²) in [6.45, 7) is 1.86. The number of hydrogen-bond acceptors (Lipinski definition) is 5. The van der Waals surface area contributed by atoms with Crippen molar-refractivity contribution in [2.45, 2.75) is 13.3 Å². The molecule has 0 fully saturated rings. The number of aromatic nitrogens is 2. The second-order valence-electron chi connectivity index (χ2n) is 6.03. The van der Waals surface area contributed by atoms with Crippen LogP contribution in [0.2, 0.25) is 0 Å². The first-order valence-corrected chi connectivity index (χ1v) is 8.67. The lowest BCUT2D eigenvalue weighted by atomic mass is 10.1. The van der Waals surface area contributed by atoms with E-state index in [9.17, 15) is 9.59 Å². The molecule has 7 heteroatoms. The number of ether oxygens (including phenoxy) is 2. The molecule has 0 aliphatic heterocycles. The van der Waals surface area contributed by atoms with Crippen molar-refractivity contribution in [1.29, 1.82) is 0 Å². The molecule has 1 aromatic carbocycles. The van der Waals surface area contributed by atoms with Crippen molar-refractivity contribution in [2.24, 2.45) is 0 Å². The molecule has 7 nitrogen and oxygen atoms in total. The van der Waals surface area contributed by atoms with Crippen molar-refractivity contribution in [3.63, 3.8) is 0 Å². The van der Waals surface area contributed by atoms with Crippen LogP contribution in [-0.4, -0.2) is 34.7 Å². The van der Waals surface area contributed by atoms with Gasteiger partial charge in [0.05, 0.1) is 25.5 Å².